The van der Waals surface area contributed by atoms with E-state index in [-0.39, 0.29) is 22.6 Å². The van der Waals surface area contributed by atoms with Crippen LogP contribution in [0.3, 0.4) is 0 Å². The summed E-state index contributed by atoms with van der Waals surface area (Å²) in [4.78, 5) is 20.5. The first-order chi connectivity index (χ1) is 17.2. The average molecular weight is 505 g/mol. The number of ether oxygens (including phenoxy) is 1. The lowest BCUT2D eigenvalue weighted by molar-refractivity contribution is -0.121. The van der Waals surface area contributed by atoms with Crippen molar-refractivity contribution in [1.82, 2.24) is 25.1 Å². The zero-order chi connectivity index (χ0) is 25.4. The molecule has 1 aliphatic rings. The van der Waals surface area contributed by atoms with Crippen LogP contribution in [-0.2, 0) is 34.8 Å². The van der Waals surface area contributed by atoms with E-state index in [1.807, 2.05) is 44.2 Å². The number of anilines is 1. The van der Waals surface area contributed by atoms with Crippen LogP contribution in [0, 0.1) is 13.8 Å². The molecule has 0 spiro atoms. The summed E-state index contributed by atoms with van der Waals surface area (Å²) in [5, 5.41) is 6.75. The maximum Gasteiger partial charge on any atom is 0.267 e. The highest BCUT2D eigenvalue weighted by Gasteiger charge is 2.21. The fourth-order valence-corrected chi connectivity index (χ4v) is 5.07. The van der Waals surface area contributed by atoms with Crippen LogP contribution in [0.4, 0.5) is 5.95 Å². The van der Waals surface area contributed by atoms with Gasteiger partial charge in [-0.15, -0.1) is 0 Å². The second-order valence-electron chi connectivity index (χ2n) is 8.62. The molecule has 5 rings (SSSR count). The minimum atomic E-state index is -3.97. The zero-order valence-corrected chi connectivity index (χ0v) is 20.8. The molecule has 0 aliphatic carbocycles. The number of rotatable bonds is 6. The van der Waals surface area contributed by atoms with Gasteiger partial charge in [-0.1, -0.05) is 24.3 Å². The Morgan fingerprint density at radius 2 is 1.83 bits per heavy atom. The van der Waals surface area contributed by atoms with Gasteiger partial charge in [-0.05, 0) is 48.2 Å². The monoisotopic (exact) mass is 504 g/mol. The standard InChI is InChI=1S/C25H24N6O4S/c1-15-5-4-6-16(2)24(15)21-11-23(35-19-8-7-17-10-22(32)26-12-18(17)9-19)29-25(28-21)30-36(33,34)20-13-27-31(3)14-20/h4-9,11,13-14H,10,12H2,1-3H3,(H,26,32)(H,28,29,30). The lowest BCUT2D eigenvalue weighted by atomic mass is 10.00. The Morgan fingerprint density at radius 1 is 1.06 bits per heavy atom. The molecular formula is C25H24N6O4S. The molecule has 4 aromatic rings. The normalized spacial score (nSPS) is 13.1. The lowest BCUT2D eigenvalue weighted by Crippen LogP contribution is -2.30. The molecule has 10 nitrogen and oxygen atoms in total. The van der Waals surface area contributed by atoms with E-state index in [0.717, 1.165) is 27.8 Å². The predicted molar refractivity (Wildman–Crippen MR) is 133 cm³/mol. The Morgan fingerprint density at radius 3 is 2.56 bits per heavy atom. The van der Waals surface area contributed by atoms with Crippen molar-refractivity contribution in [2.75, 3.05) is 4.72 Å². The van der Waals surface area contributed by atoms with Gasteiger partial charge in [-0.2, -0.15) is 10.1 Å². The Bertz CT molecular complexity index is 1580. The third-order valence-corrected chi connectivity index (χ3v) is 7.17. The number of sulfonamides is 1. The number of amides is 1. The summed E-state index contributed by atoms with van der Waals surface area (Å²) in [6, 6.07) is 13.0. The molecule has 0 atom stereocenters. The number of hydrogen-bond donors (Lipinski definition) is 2. The van der Waals surface area contributed by atoms with Crippen molar-refractivity contribution < 1.29 is 17.9 Å². The van der Waals surface area contributed by atoms with Crippen LogP contribution in [0.2, 0.25) is 0 Å². The highest BCUT2D eigenvalue weighted by atomic mass is 32.2. The van der Waals surface area contributed by atoms with Crippen LogP contribution >= 0.6 is 0 Å². The minimum Gasteiger partial charge on any atom is -0.439 e. The highest BCUT2D eigenvalue weighted by molar-refractivity contribution is 7.92. The highest BCUT2D eigenvalue weighted by Crippen LogP contribution is 2.32. The molecule has 0 saturated heterocycles. The van der Waals surface area contributed by atoms with Gasteiger partial charge in [0, 0.05) is 31.4 Å². The lowest BCUT2D eigenvalue weighted by Gasteiger charge is -2.18. The van der Waals surface area contributed by atoms with E-state index >= 15 is 0 Å². The van der Waals surface area contributed by atoms with Crippen LogP contribution < -0.4 is 14.8 Å². The summed E-state index contributed by atoms with van der Waals surface area (Å²) in [7, 11) is -2.34. The van der Waals surface area contributed by atoms with Crippen LogP contribution in [-0.4, -0.2) is 34.1 Å². The molecule has 0 bridgehead atoms. The first-order valence-corrected chi connectivity index (χ1v) is 12.7. The summed E-state index contributed by atoms with van der Waals surface area (Å²) >= 11 is 0. The summed E-state index contributed by atoms with van der Waals surface area (Å²) in [6.45, 7) is 4.34. The molecule has 0 fully saturated rings. The maximum atomic E-state index is 12.9. The molecule has 1 amide bonds. The number of aryl methyl sites for hydroxylation is 3. The molecule has 36 heavy (non-hydrogen) atoms. The van der Waals surface area contributed by atoms with Crippen LogP contribution in [0.15, 0.2) is 59.8 Å². The molecule has 0 unspecified atom stereocenters. The molecule has 2 aromatic carbocycles. The molecule has 0 saturated carbocycles. The quantitative estimate of drug-likeness (QED) is 0.412. The largest absolute Gasteiger partial charge is 0.439 e. The second kappa shape index (κ2) is 9.08. The van der Waals surface area contributed by atoms with E-state index in [1.54, 1.807) is 19.2 Å². The second-order valence-corrected chi connectivity index (χ2v) is 10.3. The average Bonchev–Trinajstić information content (AvgIpc) is 3.26. The van der Waals surface area contributed by atoms with Crippen molar-refractivity contribution in [1.29, 1.82) is 0 Å². The summed E-state index contributed by atoms with van der Waals surface area (Å²) in [6.07, 6.45) is 2.96. The van der Waals surface area contributed by atoms with Gasteiger partial charge in [-0.3, -0.25) is 9.48 Å². The molecule has 184 valence electrons. The Kier molecular flexibility index (Phi) is 5.92. The zero-order valence-electron chi connectivity index (χ0n) is 19.9. The number of hydrogen-bond acceptors (Lipinski definition) is 7. The molecular weight excluding hydrogens is 480 g/mol. The van der Waals surface area contributed by atoms with Crippen LogP contribution in [0.25, 0.3) is 11.3 Å². The fraction of sp³-hybridized carbons (Fsp3) is 0.200. The minimum absolute atomic E-state index is 0.00900. The number of aromatic nitrogens is 4. The van der Waals surface area contributed by atoms with E-state index < -0.39 is 10.0 Å². The van der Waals surface area contributed by atoms with Crippen molar-refractivity contribution in [2.24, 2.45) is 7.05 Å². The molecule has 2 aromatic heterocycles. The number of nitrogens with one attached hydrogen (secondary N) is 2. The van der Waals surface area contributed by atoms with E-state index in [1.165, 1.54) is 17.1 Å². The van der Waals surface area contributed by atoms with Crippen molar-refractivity contribution in [3.05, 3.63) is 77.1 Å². The van der Waals surface area contributed by atoms with Gasteiger partial charge >= 0.3 is 0 Å². The van der Waals surface area contributed by atoms with Crippen molar-refractivity contribution in [3.63, 3.8) is 0 Å². The van der Waals surface area contributed by atoms with Crippen LogP contribution in [0.5, 0.6) is 11.6 Å². The number of fused-ring (bicyclic) bond motifs is 1. The predicted octanol–water partition coefficient (Wildman–Crippen LogP) is 3.26. The molecule has 1 aliphatic heterocycles. The molecule has 0 radical (unpaired) electrons. The third kappa shape index (κ3) is 4.78. The Hall–Kier alpha value is -4.25. The number of carbonyl (C=O) groups is 1. The summed E-state index contributed by atoms with van der Waals surface area (Å²) in [5.74, 6) is 0.540. The topological polar surface area (TPSA) is 128 Å². The van der Waals surface area contributed by atoms with Gasteiger partial charge in [0.25, 0.3) is 10.0 Å². The van der Waals surface area contributed by atoms with E-state index in [2.05, 4.69) is 25.1 Å². The summed E-state index contributed by atoms with van der Waals surface area (Å²) < 4.78 is 35.8. The number of carbonyl (C=O) groups excluding carboxylic acids is 1. The molecule has 3 heterocycles. The van der Waals surface area contributed by atoms with Crippen molar-refractivity contribution in [2.45, 2.75) is 31.7 Å². The van der Waals surface area contributed by atoms with E-state index in [0.29, 0.717) is 24.4 Å². The first kappa shape index (κ1) is 23.5. The SMILES string of the molecule is Cc1cccc(C)c1-c1cc(Oc2ccc3c(c2)CNC(=O)C3)nc(NS(=O)(=O)c2cnn(C)c2)n1. The molecule has 2 N–H and O–H groups in total. The summed E-state index contributed by atoms with van der Waals surface area (Å²) in [5.41, 5.74) is 5.23. The van der Waals surface area contributed by atoms with Gasteiger partial charge in [-0.25, -0.2) is 18.1 Å². The van der Waals surface area contributed by atoms with Gasteiger partial charge in [0.15, 0.2) is 0 Å². The van der Waals surface area contributed by atoms with E-state index in [9.17, 15) is 13.2 Å². The van der Waals surface area contributed by atoms with Crippen molar-refractivity contribution in [3.8, 4) is 22.9 Å². The van der Waals surface area contributed by atoms with Gasteiger partial charge < -0.3 is 10.1 Å². The van der Waals surface area contributed by atoms with Crippen LogP contribution in [0.1, 0.15) is 22.3 Å². The smallest absolute Gasteiger partial charge is 0.267 e. The van der Waals surface area contributed by atoms with Crippen molar-refractivity contribution >= 4 is 21.9 Å². The first-order valence-electron chi connectivity index (χ1n) is 11.2. The third-order valence-electron chi connectivity index (χ3n) is 5.88. The molecule has 11 heteroatoms. The Balaban J connectivity index is 1.55. The number of benzene rings is 2. The Labute approximate surface area is 208 Å². The fourth-order valence-electron chi connectivity index (χ4n) is 4.14. The van der Waals surface area contributed by atoms with Gasteiger partial charge in [0.2, 0.25) is 17.7 Å². The van der Waals surface area contributed by atoms with Gasteiger partial charge in [0.1, 0.15) is 10.6 Å². The van der Waals surface area contributed by atoms with E-state index in [4.69, 9.17) is 4.74 Å². The van der Waals surface area contributed by atoms with Gasteiger partial charge in [0.05, 0.1) is 18.3 Å². The number of nitrogens with zero attached hydrogens (tertiary/aromatic N) is 4. The maximum absolute atomic E-state index is 12.9.